The van der Waals surface area contributed by atoms with Gasteiger partial charge in [0.25, 0.3) is 5.91 Å². The van der Waals surface area contributed by atoms with Crippen LogP contribution < -0.4 is 10.6 Å². The minimum absolute atomic E-state index is 0.0629. The molecule has 0 atom stereocenters. The lowest BCUT2D eigenvalue weighted by Gasteiger charge is -2.18. The summed E-state index contributed by atoms with van der Waals surface area (Å²) in [6.45, 7) is -1.36. The van der Waals surface area contributed by atoms with E-state index in [2.05, 4.69) is 15.9 Å². The molecule has 0 saturated heterocycles. The van der Waals surface area contributed by atoms with E-state index in [0.717, 1.165) is 28.3 Å². The average Bonchev–Trinajstić information content (AvgIpc) is 3.16. The van der Waals surface area contributed by atoms with Crippen LogP contribution in [0.15, 0.2) is 71.2 Å². The number of carbonyl (C=O) groups excluding carboxylic acids is 2. The first-order valence-corrected chi connectivity index (χ1v) is 11.3. The van der Waals surface area contributed by atoms with Crippen LogP contribution >= 0.6 is 15.9 Å². The molecule has 3 N–H and O–H groups in total. The maximum absolute atomic E-state index is 14.4. The lowest BCUT2D eigenvalue weighted by molar-refractivity contribution is -0.138. The third-order valence-electron chi connectivity index (χ3n) is 5.59. The van der Waals surface area contributed by atoms with Gasteiger partial charge in [0.1, 0.15) is 6.61 Å². The number of amides is 2. The van der Waals surface area contributed by atoms with Crippen LogP contribution in [0.4, 0.5) is 19.3 Å². The number of halogens is 3. The van der Waals surface area contributed by atoms with Crippen LogP contribution in [0.1, 0.15) is 27.4 Å². The van der Waals surface area contributed by atoms with E-state index in [1.54, 1.807) is 0 Å². The van der Waals surface area contributed by atoms with Gasteiger partial charge in [-0.2, -0.15) is 8.78 Å². The van der Waals surface area contributed by atoms with Crippen molar-refractivity contribution in [2.75, 3.05) is 18.5 Å². The Kier molecular flexibility index (Phi) is 6.83. The highest BCUT2D eigenvalue weighted by Crippen LogP contribution is 2.44. The van der Waals surface area contributed by atoms with Crippen molar-refractivity contribution < 1.29 is 33.0 Å². The third kappa shape index (κ3) is 5.17. The summed E-state index contributed by atoms with van der Waals surface area (Å²) < 4.78 is 34.2. The van der Waals surface area contributed by atoms with Crippen LogP contribution in [0.2, 0.25) is 0 Å². The first-order chi connectivity index (χ1) is 16.7. The molecule has 180 valence electrons. The fourth-order valence-corrected chi connectivity index (χ4v) is 4.23. The Morgan fingerprint density at radius 2 is 1.57 bits per heavy atom. The van der Waals surface area contributed by atoms with Crippen LogP contribution in [0.3, 0.4) is 0 Å². The van der Waals surface area contributed by atoms with Crippen LogP contribution in [0, 0.1) is 0 Å². The summed E-state index contributed by atoms with van der Waals surface area (Å²) >= 11 is 3.07. The molecule has 0 aliphatic heterocycles. The number of ether oxygens (including phenoxy) is 1. The predicted octanol–water partition coefficient (Wildman–Crippen LogP) is 5.26. The van der Waals surface area contributed by atoms with Gasteiger partial charge < -0.3 is 20.5 Å². The van der Waals surface area contributed by atoms with E-state index in [-0.39, 0.29) is 28.2 Å². The fourth-order valence-electron chi connectivity index (χ4n) is 3.88. The van der Waals surface area contributed by atoms with E-state index in [1.165, 1.54) is 12.1 Å². The molecule has 7 nitrogen and oxygen atoms in total. The Balaban J connectivity index is 1.35. The molecule has 0 radical (unpaired) electrons. The van der Waals surface area contributed by atoms with E-state index < -0.39 is 30.4 Å². The Bertz CT molecular complexity index is 1270. The van der Waals surface area contributed by atoms with E-state index in [9.17, 15) is 23.2 Å². The van der Waals surface area contributed by atoms with Gasteiger partial charge in [0, 0.05) is 10.4 Å². The van der Waals surface area contributed by atoms with Crippen molar-refractivity contribution in [1.82, 2.24) is 5.32 Å². The molecule has 0 fully saturated rings. The summed E-state index contributed by atoms with van der Waals surface area (Å²) in [4.78, 5) is 35.3. The summed E-state index contributed by atoms with van der Waals surface area (Å²) in [7, 11) is 0. The number of hydrogen-bond donors (Lipinski definition) is 3. The van der Waals surface area contributed by atoms with E-state index >= 15 is 0 Å². The molecule has 0 bridgehead atoms. The van der Waals surface area contributed by atoms with Gasteiger partial charge in [0.15, 0.2) is 0 Å². The third-order valence-corrected chi connectivity index (χ3v) is 6.28. The molecule has 35 heavy (non-hydrogen) atoms. The zero-order chi connectivity index (χ0) is 25.2. The highest BCUT2D eigenvalue weighted by Gasteiger charge is 2.40. The van der Waals surface area contributed by atoms with Crippen LogP contribution in [-0.2, 0) is 9.53 Å². The first-order valence-electron chi connectivity index (χ1n) is 10.5. The predicted molar refractivity (Wildman–Crippen MR) is 128 cm³/mol. The molecule has 3 aromatic rings. The maximum Gasteiger partial charge on any atom is 0.407 e. The number of nitrogens with one attached hydrogen (secondary N) is 2. The van der Waals surface area contributed by atoms with Crippen molar-refractivity contribution in [2.45, 2.75) is 11.8 Å². The van der Waals surface area contributed by atoms with Crippen molar-refractivity contribution in [3.63, 3.8) is 0 Å². The van der Waals surface area contributed by atoms with E-state index in [0.29, 0.717) is 0 Å². The molecule has 0 aromatic heterocycles. The van der Waals surface area contributed by atoms with Gasteiger partial charge in [-0.25, -0.2) is 9.59 Å². The second-order valence-electron chi connectivity index (χ2n) is 7.84. The number of hydrogen-bond acceptors (Lipinski definition) is 4. The van der Waals surface area contributed by atoms with Gasteiger partial charge in [-0.1, -0.05) is 48.5 Å². The normalized spacial score (nSPS) is 12.4. The molecule has 0 heterocycles. The van der Waals surface area contributed by atoms with Crippen molar-refractivity contribution in [2.24, 2.45) is 0 Å². The number of anilines is 1. The SMILES string of the molecule is O=C(NCC(F)(F)C(=O)Nc1cc(C(=O)O)ccc1Br)OCC1c2ccccc2-c2ccccc21. The first kappa shape index (κ1) is 24.3. The Morgan fingerprint density at radius 3 is 2.17 bits per heavy atom. The standard InChI is InChI=1S/C25H19BrF2N2O5/c26-20-10-9-14(22(31)32)11-21(20)30-23(33)25(27,28)13-29-24(34)35-12-19-17-7-3-1-5-15(17)16-6-2-4-8-18(16)19/h1-11,19H,12-13H2,(H,29,34)(H,30,33)(H,31,32). The molecule has 0 unspecified atom stereocenters. The van der Waals surface area contributed by atoms with Gasteiger partial charge in [-0.3, -0.25) is 4.79 Å². The zero-order valence-corrected chi connectivity index (χ0v) is 19.6. The van der Waals surface area contributed by atoms with Gasteiger partial charge >= 0.3 is 18.0 Å². The average molecular weight is 545 g/mol. The highest BCUT2D eigenvalue weighted by molar-refractivity contribution is 9.10. The number of alkyl carbamates (subject to hydrolysis) is 1. The molecular formula is C25H19BrF2N2O5. The topological polar surface area (TPSA) is 105 Å². The number of aromatic carboxylic acids is 1. The summed E-state index contributed by atoms with van der Waals surface area (Å²) in [5.41, 5.74) is 3.66. The van der Waals surface area contributed by atoms with Crippen LogP contribution in [-0.4, -0.2) is 42.2 Å². The second kappa shape index (κ2) is 9.83. The van der Waals surface area contributed by atoms with E-state index in [4.69, 9.17) is 9.84 Å². The number of alkyl halides is 2. The van der Waals surface area contributed by atoms with Crippen molar-refractivity contribution in [1.29, 1.82) is 0 Å². The lowest BCUT2D eigenvalue weighted by Crippen LogP contribution is -2.45. The summed E-state index contributed by atoms with van der Waals surface area (Å²) in [6.07, 6.45) is -1.09. The van der Waals surface area contributed by atoms with Crippen LogP contribution in [0.5, 0.6) is 0 Å². The largest absolute Gasteiger partial charge is 0.478 e. The lowest BCUT2D eigenvalue weighted by atomic mass is 9.98. The molecular weight excluding hydrogens is 526 g/mol. The summed E-state index contributed by atoms with van der Waals surface area (Å²) in [5, 5.41) is 12.9. The Hall–Kier alpha value is -3.79. The fraction of sp³-hybridized carbons (Fsp3) is 0.160. The van der Waals surface area contributed by atoms with Gasteiger partial charge in [-0.15, -0.1) is 0 Å². The number of carboxylic acid groups (broad SMARTS) is 1. The summed E-state index contributed by atoms with van der Waals surface area (Å²) in [5.74, 6) is -7.21. The zero-order valence-electron chi connectivity index (χ0n) is 18.1. The van der Waals surface area contributed by atoms with E-state index in [1.807, 2.05) is 59.2 Å². The van der Waals surface area contributed by atoms with Gasteiger partial charge in [0.2, 0.25) is 0 Å². The molecule has 0 saturated carbocycles. The molecule has 10 heteroatoms. The van der Waals surface area contributed by atoms with Crippen LogP contribution in [0.25, 0.3) is 11.1 Å². The number of carbonyl (C=O) groups is 3. The monoisotopic (exact) mass is 544 g/mol. The van der Waals surface area contributed by atoms with Gasteiger partial charge in [0.05, 0.1) is 17.8 Å². The molecule has 0 spiro atoms. The Labute approximate surface area is 207 Å². The molecule has 2 amide bonds. The smallest absolute Gasteiger partial charge is 0.407 e. The quantitative estimate of drug-likeness (QED) is 0.376. The number of fused-ring (bicyclic) bond motifs is 3. The molecule has 1 aliphatic carbocycles. The molecule has 3 aromatic carbocycles. The minimum Gasteiger partial charge on any atom is -0.478 e. The molecule has 1 aliphatic rings. The van der Waals surface area contributed by atoms with Crippen molar-refractivity contribution in [3.8, 4) is 11.1 Å². The highest BCUT2D eigenvalue weighted by atomic mass is 79.9. The maximum atomic E-state index is 14.4. The van der Waals surface area contributed by atoms with Crippen molar-refractivity contribution >= 4 is 39.6 Å². The minimum atomic E-state index is -3.98. The number of carboxylic acids is 1. The van der Waals surface area contributed by atoms with Crippen molar-refractivity contribution in [3.05, 3.63) is 87.9 Å². The number of rotatable bonds is 7. The van der Waals surface area contributed by atoms with Gasteiger partial charge in [-0.05, 0) is 56.4 Å². The number of benzene rings is 3. The molecule has 4 rings (SSSR count). The Morgan fingerprint density at radius 1 is 0.971 bits per heavy atom. The summed E-state index contributed by atoms with van der Waals surface area (Å²) in [6, 6.07) is 19.0. The second-order valence-corrected chi connectivity index (χ2v) is 8.69.